The fourth-order valence-corrected chi connectivity index (χ4v) is 2.40. The maximum Gasteiger partial charge on any atom is 0.279 e. The van der Waals surface area contributed by atoms with Crippen LogP contribution in [0.2, 0.25) is 0 Å². The summed E-state index contributed by atoms with van der Waals surface area (Å²) in [5.41, 5.74) is -0.964. The summed E-state index contributed by atoms with van der Waals surface area (Å²) in [4.78, 5) is 34.8. The molecule has 1 rings (SSSR count). The number of rotatable bonds is 5. The van der Waals surface area contributed by atoms with Gasteiger partial charge in [-0.15, -0.1) is 0 Å². The van der Waals surface area contributed by atoms with E-state index in [1.54, 1.807) is 0 Å². The van der Waals surface area contributed by atoms with E-state index in [-0.39, 0.29) is 23.2 Å². The van der Waals surface area contributed by atoms with E-state index >= 15 is 0 Å². The highest BCUT2D eigenvalue weighted by Gasteiger charge is 2.29. The summed E-state index contributed by atoms with van der Waals surface area (Å²) >= 11 is 0. The molecule has 0 aliphatic carbocycles. The predicted molar refractivity (Wildman–Crippen MR) is 80.9 cm³/mol. The van der Waals surface area contributed by atoms with Gasteiger partial charge in [-0.3, -0.25) is 25.0 Å². The molecule has 1 aromatic carbocycles. The molecule has 0 heterocycles. The second-order valence-electron chi connectivity index (χ2n) is 5.55. The summed E-state index contributed by atoms with van der Waals surface area (Å²) in [7, 11) is 0. The Labute approximate surface area is 128 Å². The van der Waals surface area contributed by atoms with Gasteiger partial charge < -0.3 is 4.90 Å². The van der Waals surface area contributed by atoms with Gasteiger partial charge >= 0.3 is 0 Å². The molecular formula is C14H19N3O5. The molecule has 0 saturated carbocycles. The van der Waals surface area contributed by atoms with Crippen LogP contribution in [0.5, 0.6) is 0 Å². The Morgan fingerprint density at radius 3 is 1.64 bits per heavy atom. The Morgan fingerprint density at radius 1 is 1.00 bits per heavy atom. The van der Waals surface area contributed by atoms with Crippen LogP contribution in [0.1, 0.15) is 43.6 Å². The first kappa shape index (κ1) is 17.5. The minimum Gasteiger partial charge on any atom is -0.334 e. The number of carbonyl (C=O) groups excluding carboxylic acids is 1. The molecular weight excluding hydrogens is 290 g/mol. The van der Waals surface area contributed by atoms with Crippen molar-refractivity contribution in [3.8, 4) is 0 Å². The first-order valence-electron chi connectivity index (χ1n) is 6.84. The molecule has 0 saturated heterocycles. The maximum absolute atomic E-state index is 12.6. The van der Waals surface area contributed by atoms with Gasteiger partial charge in [-0.05, 0) is 34.6 Å². The lowest BCUT2D eigenvalue weighted by Crippen LogP contribution is -2.42. The van der Waals surface area contributed by atoms with E-state index in [4.69, 9.17) is 0 Å². The molecule has 0 bridgehead atoms. The smallest absolute Gasteiger partial charge is 0.279 e. The Bertz CT molecular complexity index is 582. The van der Waals surface area contributed by atoms with Crippen LogP contribution in [-0.4, -0.2) is 32.7 Å². The van der Waals surface area contributed by atoms with E-state index in [0.717, 1.165) is 12.1 Å². The molecule has 0 unspecified atom stereocenters. The Balaban J connectivity index is 3.50. The third kappa shape index (κ3) is 3.38. The second-order valence-corrected chi connectivity index (χ2v) is 5.55. The SMILES string of the molecule is Cc1c([N+](=O)[O-])cc(C(=O)N(C(C)C)C(C)C)cc1[N+](=O)[O-]. The molecule has 0 radical (unpaired) electrons. The quantitative estimate of drug-likeness (QED) is 0.613. The Kier molecular flexibility index (Phi) is 5.19. The van der Waals surface area contributed by atoms with Gasteiger partial charge in [-0.25, -0.2) is 0 Å². The summed E-state index contributed by atoms with van der Waals surface area (Å²) in [6.45, 7) is 8.56. The Hall–Kier alpha value is -2.51. The highest BCUT2D eigenvalue weighted by atomic mass is 16.6. The van der Waals surface area contributed by atoms with E-state index in [1.807, 2.05) is 27.7 Å². The van der Waals surface area contributed by atoms with Crippen molar-refractivity contribution in [2.24, 2.45) is 0 Å². The van der Waals surface area contributed by atoms with Gasteiger partial charge in [-0.2, -0.15) is 0 Å². The molecule has 8 heteroatoms. The van der Waals surface area contributed by atoms with Gasteiger partial charge in [-0.1, -0.05) is 0 Å². The maximum atomic E-state index is 12.6. The van der Waals surface area contributed by atoms with Gasteiger partial charge in [0.1, 0.15) is 5.56 Å². The van der Waals surface area contributed by atoms with Gasteiger partial charge in [0.15, 0.2) is 0 Å². The predicted octanol–water partition coefficient (Wildman–Crippen LogP) is 3.07. The summed E-state index contributed by atoms with van der Waals surface area (Å²) in [6, 6.07) is 1.93. The lowest BCUT2D eigenvalue weighted by atomic mass is 10.1. The fraction of sp³-hybridized carbons (Fsp3) is 0.500. The molecule has 0 aromatic heterocycles. The number of hydrogen-bond donors (Lipinski definition) is 0. The van der Waals surface area contributed by atoms with Crippen LogP contribution in [0.15, 0.2) is 12.1 Å². The lowest BCUT2D eigenvalue weighted by Gasteiger charge is -2.30. The average Bonchev–Trinajstić information content (AvgIpc) is 2.36. The minimum absolute atomic E-state index is 0.0496. The second kappa shape index (κ2) is 6.50. The number of benzene rings is 1. The van der Waals surface area contributed by atoms with Crippen LogP contribution in [0.3, 0.4) is 0 Å². The summed E-state index contributed by atoms with van der Waals surface area (Å²) in [5.74, 6) is -0.462. The molecule has 0 N–H and O–H groups in total. The van der Waals surface area contributed by atoms with Crippen molar-refractivity contribution in [1.29, 1.82) is 0 Å². The van der Waals surface area contributed by atoms with E-state index in [1.165, 1.54) is 11.8 Å². The van der Waals surface area contributed by atoms with Crippen LogP contribution in [0, 0.1) is 27.2 Å². The zero-order valence-corrected chi connectivity index (χ0v) is 13.2. The van der Waals surface area contributed by atoms with Crippen molar-refractivity contribution in [1.82, 2.24) is 4.90 Å². The van der Waals surface area contributed by atoms with Crippen molar-refractivity contribution in [3.63, 3.8) is 0 Å². The largest absolute Gasteiger partial charge is 0.334 e. The zero-order chi connectivity index (χ0) is 17.2. The van der Waals surface area contributed by atoms with Crippen LogP contribution in [-0.2, 0) is 0 Å². The first-order valence-corrected chi connectivity index (χ1v) is 6.84. The van der Waals surface area contributed by atoms with Crippen molar-refractivity contribution in [3.05, 3.63) is 43.5 Å². The number of amides is 1. The Morgan fingerprint density at radius 2 is 1.36 bits per heavy atom. The van der Waals surface area contributed by atoms with Crippen LogP contribution >= 0.6 is 0 Å². The molecule has 0 aliphatic heterocycles. The molecule has 0 fully saturated rings. The van der Waals surface area contributed by atoms with Crippen molar-refractivity contribution in [2.45, 2.75) is 46.7 Å². The van der Waals surface area contributed by atoms with E-state index in [0.29, 0.717) is 0 Å². The van der Waals surface area contributed by atoms with Crippen molar-refractivity contribution in [2.75, 3.05) is 0 Å². The average molecular weight is 309 g/mol. The molecule has 0 atom stereocenters. The van der Waals surface area contributed by atoms with Crippen molar-refractivity contribution >= 4 is 17.3 Å². The van der Waals surface area contributed by atoms with Crippen LogP contribution in [0.4, 0.5) is 11.4 Å². The van der Waals surface area contributed by atoms with E-state index in [2.05, 4.69) is 0 Å². The first-order chi connectivity index (χ1) is 10.1. The third-order valence-electron chi connectivity index (χ3n) is 3.34. The molecule has 8 nitrogen and oxygen atoms in total. The van der Waals surface area contributed by atoms with Crippen molar-refractivity contribution < 1.29 is 14.6 Å². The van der Waals surface area contributed by atoms with Crippen LogP contribution < -0.4 is 0 Å². The normalized spacial score (nSPS) is 10.9. The molecule has 22 heavy (non-hydrogen) atoms. The number of nitro benzene ring substituents is 2. The highest BCUT2D eigenvalue weighted by molar-refractivity contribution is 5.96. The summed E-state index contributed by atoms with van der Waals surface area (Å²) in [6.07, 6.45) is 0. The topological polar surface area (TPSA) is 107 Å². The fourth-order valence-electron chi connectivity index (χ4n) is 2.40. The lowest BCUT2D eigenvalue weighted by molar-refractivity contribution is -0.395. The monoisotopic (exact) mass is 309 g/mol. The molecule has 1 aromatic rings. The van der Waals surface area contributed by atoms with E-state index < -0.39 is 27.1 Å². The number of nitro groups is 2. The number of hydrogen-bond acceptors (Lipinski definition) is 5. The third-order valence-corrected chi connectivity index (χ3v) is 3.34. The standard InChI is InChI=1S/C14H19N3O5/c1-8(2)15(9(3)4)14(18)11-6-12(16(19)20)10(5)13(7-11)17(21)22/h6-9H,1-5H3. The highest BCUT2D eigenvalue weighted by Crippen LogP contribution is 2.30. The van der Waals surface area contributed by atoms with Gasteiger partial charge in [0.25, 0.3) is 17.3 Å². The number of carbonyl (C=O) groups is 1. The van der Waals surface area contributed by atoms with Gasteiger partial charge in [0.05, 0.1) is 15.4 Å². The molecule has 0 aliphatic rings. The summed E-state index contributed by atoms with van der Waals surface area (Å²) in [5, 5.41) is 22.1. The molecule has 120 valence electrons. The van der Waals surface area contributed by atoms with Gasteiger partial charge in [0, 0.05) is 24.2 Å². The zero-order valence-electron chi connectivity index (χ0n) is 13.2. The minimum atomic E-state index is -0.714. The van der Waals surface area contributed by atoms with E-state index in [9.17, 15) is 25.0 Å². The van der Waals surface area contributed by atoms with Crippen LogP contribution in [0.25, 0.3) is 0 Å². The molecule has 1 amide bonds. The summed E-state index contributed by atoms with van der Waals surface area (Å²) < 4.78 is 0. The molecule has 0 spiro atoms. The number of nitrogens with zero attached hydrogens (tertiary/aromatic N) is 3. The van der Waals surface area contributed by atoms with Gasteiger partial charge in [0.2, 0.25) is 0 Å².